The van der Waals surface area contributed by atoms with Gasteiger partial charge in [-0.1, -0.05) is 0 Å². The van der Waals surface area contributed by atoms with Gasteiger partial charge in [-0.2, -0.15) is 0 Å². The van der Waals surface area contributed by atoms with E-state index >= 15 is 0 Å². The Bertz CT molecular complexity index is 252. The number of hydrogen-bond donors (Lipinski definition) is 4. The van der Waals surface area contributed by atoms with Gasteiger partial charge in [-0.05, 0) is 83.1 Å². The summed E-state index contributed by atoms with van der Waals surface area (Å²) in [7, 11) is -3.66. The van der Waals surface area contributed by atoms with Crippen LogP contribution in [-0.2, 0) is 35.0 Å². The Morgan fingerprint density at radius 1 is 0.556 bits per heavy atom. The summed E-state index contributed by atoms with van der Waals surface area (Å²) in [4.78, 5) is 10.5. The standard InChI is InChI=1S/C12H28O4Si.3C2H6O.Ti/c1-10(2,3)14-17(13,15-11(4,5)6)16-12(7,8)9;3*1-2-3;/h13H,1-9H3;3*3H,2H2,1H3;. The van der Waals surface area contributed by atoms with Crippen molar-refractivity contribution in [3.63, 3.8) is 0 Å². The summed E-state index contributed by atoms with van der Waals surface area (Å²) in [6, 6.07) is 0. The summed E-state index contributed by atoms with van der Waals surface area (Å²) < 4.78 is 16.9. The molecule has 0 aromatic heterocycles. The summed E-state index contributed by atoms with van der Waals surface area (Å²) in [6.45, 7) is 22.6. The van der Waals surface area contributed by atoms with Gasteiger partial charge in [-0.15, -0.1) is 0 Å². The van der Waals surface area contributed by atoms with Crippen molar-refractivity contribution in [3.05, 3.63) is 0 Å². The third-order valence-corrected chi connectivity index (χ3v) is 3.92. The quantitative estimate of drug-likeness (QED) is 0.490. The summed E-state index contributed by atoms with van der Waals surface area (Å²) in [6.07, 6.45) is 0. The molecule has 27 heavy (non-hydrogen) atoms. The van der Waals surface area contributed by atoms with E-state index in [4.69, 9.17) is 28.6 Å². The molecule has 0 aliphatic carbocycles. The fraction of sp³-hybridized carbons (Fsp3) is 1.00. The molecule has 0 saturated heterocycles. The van der Waals surface area contributed by atoms with Crippen molar-refractivity contribution < 1.29 is 55.1 Å². The van der Waals surface area contributed by atoms with Gasteiger partial charge < -0.3 is 33.4 Å². The predicted octanol–water partition coefficient (Wildman–Crippen LogP) is 2.85. The molecule has 168 valence electrons. The molecule has 9 heteroatoms. The fourth-order valence-corrected chi connectivity index (χ4v) is 3.67. The number of rotatable bonds is 3. The molecular weight excluding hydrogens is 404 g/mol. The van der Waals surface area contributed by atoms with Crippen LogP contribution in [0, 0.1) is 0 Å². The Hall–Kier alpha value is 0.651. The zero-order valence-corrected chi connectivity index (χ0v) is 22.2. The van der Waals surface area contributed by atoms with E-state index in [1.165, 1.54) is 0 Å². The van der Waals surface area contributed by atoms with E-state index in [1.54, 1.807) is 20.8 Å². The molecule has 0 atom stereocenters. The molecule has 0 heterocycles. The average Bonchev–Trinajstić information content (AvgIpc) is 2.22. The maximum absolute atomic E-state index is 10.5. The molecule has 0 fully saturated rings. The SMILES string of the molecule is CC(C)(C)O[Si](O)(OC(C)(C)C)OC(C)(C)C.CCO.CCO.CCO.[Ti]. The minimum Gasteiger partial charge on any atom is -0.397 e. The van der Waals surface area contributed by atoms with Gasteiger partial charge in [0.1, 0.15) is 0 Å². The normalized spacial score (nSPS) is 11.6. The van der Waals surface area contributed by atoms with Crippen LogP contribution in [-0.4, -0.2) is 65.8 Å². The zero-order chi connectivity index (χ0) is 22.2. The summed E-state index contributed by atoms with van der Waals surface area (Å²) in [5.41, 5.74) is -1.55. The van der Waals surface area contributed by atoms with E-state index in [2.05, 4.69) is 0 Å². The molecule has 7 nitrogen and oxygen atoms in total. The monoisotopic (exact) mass is 450 g/mol. The van der Waals surface area contributed by atoms with Gasteiger partial charge in [0.05, 0.1) is 16.8 Å². The second-order valence-electron chi connectivity index (χ2n) is 8.12. The van der Waals surface area contributed by atoms with Gasteiger partial charge in [0.25, 0.3) is 0 Å². The molecule has 0 saturated carbocycles. The van der Waals surface area contributed by atoms with Crippen LogP contribution in [0.4, 0.5) is 0 Å². The first-order chi connectivity index (χ1) is 11.4. The maximum Gasteiger partial charge on any atom is 0.678 e. The van der Waals surface area contributed by atoms with Gasteiger partial charge in [0.2, 0.25) is 0 Å². The van der Waals surface area contributed by atoms with Crippen LogP contribution < -0.4 is 0 Å². The molecule has 0 radical (unpaired) electrons. The molecule has 0 aliphatic rings. The molecule has 0 unspecified atom stereocenters. The fourth-order valence-electron chi connectivity index (χ4n) is 1.22. The van der Waals surface area contributed by atoms with Crippen LogP contribution in [0.2, 0.25) is 0 Å². The third kappa shape index (κ3) is 46.6. The van der Waals surface area contributed by atoms with Crippen molar-refractivity contribution in [1.82, 2.24) is 0 Å². The van der Waals surface area contributed by atoms with Gasteiger partial charge >= 0.3 is 9.05 Å². The van der Waals surface area contributed by atoms with Crippen LogP contribution >= 0.6 is 0 Å². The van der Waals surface area contributed by atoms with E-state index in [1.807, 2.05) is 62.3 Å². The van der Waals surface area contributed by atoms with Crippen LogP contribution in [0.5, 0.6) is 0 Å². The average molecular weight is 451 g/mol. The number of aliphatic hydroxyl groups is 3. The Balaban J connectivity index is -0.000000136. The molecule has 0 aromatic rings. The molecule has 4 N–H and O–H groups in total. The predicted molar refractivity (Wildman–Crippen MR) is 109 cm³/mol. The molecule has 0 aromatic carbocycles. The second kappa shape index (κ2) is 18.7. The molecule has 0 bridgehead atoms. The second-order valence-corrected chi connectivity index (χ2v) is 9.78. The first-order valence-electron chi connectivity index (χ1n) is 9.02. The van der Waals surface area contributed by atoms with Gasteiger partial charge in [-0.25, -0.2) is 0 Å². The minimum absolute atomic E-state index is 0. The largest absolute Gasteiger partial charge is 0.678 e. The van der Waals surface area contributed by atoms with Crippen LogP contribution in [0.25, 0.3) is 0 Å². The van der Waals surface area contributed by atoms with E-state index in [-0.39, 0.29) is 41.5 Å². The molecule has 0 rings (SSSR count). The van der Waals surface area contributed by atoms with Crippen LogP contribution in [0.1, 0.15) is 83.1 Å². The van der Waals surface area contributed by atoms with Gasteiger partial charge in [0, 0.05) is 41.5 Å². The van der Waals surface area contributed by atoms with Gasteiger partial charge in [-0.3, -0.25) is 0 Å². The smallest absolute Gasteiger partial charge is 0.397 e. The van der Waals surface area contributed by atoms with Crippen molar-refractivity contribution in [1.29, 1.82) is 0 Å². The minimum atomic E-state index is -3.66. The Kier molecular flexibility index (Phi) is 26.5. The first kappa shape index (κ1) is 38.3. The van der Waals surface area contributed by atoms with Crippen molar-refractivity contribution in [2.24, 2.45) is 0 Å². The van der Waals surface area contributed by atoms with Crippen LogP contribution in [0.15, 0.2) is 0 Å². The van der Waals surface area contributed by atoms with Crippen LogP contribution in [0.3, 0.4) is 0 Å². The number of hydrogen-bond acceptors (Lipinski definition) is 7. The van der Waals surface area contributed by atoms with E-state index < -0.39 is 25.9 Å². The third-order valence-electron chi connectivity index (χ3n) is 1.31. The van der Waals surface area contributed by atoms with Crippen molar-refractivity contribution in [3.8, 4) is 0 Å². The van der Waals surface area contributed by atoms with Crippen molar-refractivity contribution in [2.75, 3.05) is 19.8 Å². The van der Waals surface area contributed by atoms with Gasteiger partial charge in [0.15, 0.2) is 0 Å². The topological polar surface area (TPSA) is 109 Å². The summed E-state index contributed by atoms with van der Waals surface area (Å²) in [5.74, 6) is 0. The maximum atomic E-state index is 10.5. The molecule has 0 spiro atoms. The summed E-state index contributed by atoms with van der Waals surface area (Å²) in [5, 5.41) is 22.7. The summed E-state index contributed by atoms with van der Waals surface area (Å²) >= 11 is 0. The first-order valence-corrected chi connectivity index (χ1v) is 10.7. The zero-order valence-electron chi connectivity index (χ0n) is 19.6. The number of aliphatic hydroxyl groups excluding tert-OH is 3. The van der Waals surface area contributed by atoms with E-state index in [9.17, 15) is 4.80 Å². The Morgan fingerprint density at radius 3 is 0.741 bits per heavy atom. The van der Waals surface area contributed by atoms with Crippen molar-refractivity contribution >= 4 is 9.05 Å². The van der Waals surface area contributed by atoms with E-state index in [0.29, 0.717) is 0 Å². The van der Waals surface area contributed by atoms with E-state index in [0.717, 1.165) is 0 Å². The molecular formula is C18H46O7SiTi. The van der Waals surface area contributed by atoms with Crippen molar-refractivity contribution in [2.45, 2.75) is 99.9 Å². The molecule has 0 amide bonds. The molecule has 0 aliphatic heterocycles. The Morgan fingerprint density at radius 2 is 0.667 bits per heavy atom. The Labute approximate surface area is 183 Å².